The Morgan fingerprint density at radius 3 is 1.57 bits per heavy atom. The fraction of sp³-hybridized carbons (Fsp3) is 0.333. The quantitative estimate of drug-likeness (QED) is 0.790. The van der Waals surface area contributed by atoms with Gasteiger partial charge < -0.3 is 15.3 Å². The molecule has 0 fully saturated rings. The van der Waals surface area contributed by atoms with Crippen molar-refractivity contribution in [1.82, 2.24) is 0 Å². The number of aliphatic hydroxyl groups excluding tert-OH is 2. The van der Waals surface area contributed by atoms with Crippen LogP contribution in [-0.4, -0.2) is 28.0 Å². The highest BCUT2D eigenvalue weighted by molar-refractivity contribution is 5.38. The Kier molecular flexibility index (Phi) is 4.47. The van der Waals surface area contributed by atoms with Gasteiger partial charge in [-0.2, -0.15) is 0 Å². The number of hydrogen-bond donors (Lipinski definition) is 3. The minimum Gasteiger partial charge on any atom is -0.396 e. The normalized spacial score (nSPS) is 14.0. The molecule has 21 heavy (non-hydrogen) atoms. The molecule has 0 saturated carbocycles. The molecule has 0 heterocycles. The average Bonchev–Trinajstić information content (AvgIpc) is 2.55. The Morgan fingerprint density at radius 2 is 1.24 bits per heavy atom. The molecule has 3 nitrogen and oxygen atoms in total. The molecule has 2 aromatic carbocycles. The van der Waals surface area contributed by atoms with Crippen LogP contribution < -0.4 is 0 Å². The molecule has 0 unspecified atom stereocenters. The molecule has 0 bridgehead atoms. The number of hydrogen-bond acceptors (Lipinski definition) is 3. The van der Waals surface area contributed by atoms with Gasteiger partial charge in [0.1, 0.15) is 5.60 Å². The molecule has 2 rings (SSSR count). The van der Waals surface area contributed by atoms with Crippen molar-refractivity contribution in [2.45, 2.75) is 25.6 Å². The molecule has 0 aliphatic carbocycles. The minimum atomic E-state index is -1.57. The zero-order valence-electron chi connectivity index (χ0n) is 12.4. The largest absolute Gasteiger partial charge is 0.396 e. The summed E-state index contributed by atoms with van der Waals surface area (Å²) in [5, 5.41) is 31.7. The third-order valence-corrected chi connectivity index (χ3v) is 3.97. The van der Waals surface area contributed by atoms with Crippen LogP contribution in [0.2, 0.25) is 0 Å². The average molecular weight is 286 g/mol. The van der Waals surface area contributed by atoms with Crippen LogP contribution in [0.3, 0.4) is 0 Å². The number of aliphatic hydroxyl groups is 3. The van der Waals surface area contributed by atoms with Gasteiger partial charge in [0.15, 0.2) is 0 Å². The van der Waals surface area contributed by atoms with Crippen LogP contribution in [-0.2, 0) is 5.60 Å². The summed E-state index contributed by atoms with van der Waals surface area (Å²) in [5.74, 6) is 0. The molecule has 0 saturated heterocycles. The van der Waals surface area contributed by atoms with E-state index in [4.69, 9.17) is 0 Å². The summed E-state index contributed by atoms with van der Waals surface area (Å²) in [4.78, 5) is 0. The molecular formula is C18H22O3. The fourth-order valence-electron chi connectivity index (χ4n) is 2.52. The van der Waals surface area contributed by atoms with Crippen molar-refractivity contribution in [2.24, 2.45) is 5.41 Å². The van der Waals surface area contributed by atoms with Gasteiger partial charge in [-0.05, 0) is 11.1 Å². The van der Waals surface area contributed by atoms with E-state index < -0.39 is 17.1 Å². The van der Waals surface area contributed by atoms with Gasteiger partial charge in [0.05, 0.1) is 12.7 Å². The highest BCUT2D eigenvalue weighted by Crippen LogP contribution is 2.40. The molecule has 1 atom stereocenters. The molecule has 0 aliphatic heterocycles. The molecule has 0 aliphatic rings. The molecule has 3 N–H and O–H groups in total. The maximum Gasteiger partial charge on any atom is 0.141 e. The van der Waals surface area contributed by atoms with Gasteiger partial charge in [-0.25, -0.2) is 0 Å². The van der Waals surface area contributed by atoms with Crippen molar-refractivity contribution >= 4 is 0 Å². The van der Waals surface area contributed by atoms with Gasteiger partial charge in [-0.1, -0.05) is 74.5 Å². The van der Waals surface area contributed by atoms with E-state index in [0.29, 0.717) is 11.1 Å². The SMILES string of the molecule is CC(C)(CO)[C@@H](O)C(O)(c1ccccc1)c1ccccc1. The van der Waals surface area contributed by atoms with Gasteiger partial charge in [0.2, 0.25) is 0 Å². The molecule has 3 heteroatoms. The number of benzene rings is 2. The zero-order chi connectivity index (χ0) is 15.5. The topological polar surface area (TPSA) is 60.7 Å². The van der Waals surface area contributed by atoms with E-state index >= 15 is 0 Å². The second kappa shape index (κ2) is 5.98. The van der Waals surface area contributed by atoms with E-state index in [1.54, 1.807) is 38.1 Å². The van der Waals surface area contributed by atoms with Gasteiger partial charge in [-0.3, -0.25) is 0 Å². The summed E-state index contributed by atoms with van der Waals surface area (Å²) in [6.45, 7) is 3.24. The molecule has 0 spiro atoms. The summed E-state index contributed by atoms with van der Waals surface area (Å²) in [7, 11) is 0. The molecule has 0 radical (unpaired) electrons. The van der Waals surface area contributed by atoms with E-state index in [1.165, 1.54) is 0 Å². The Morgan fingerprint density at radius 1 is 0.857 bits per heavy atom. The Bertz CT molecular complexity index is 524. The molecule has 0 amide bonds. The summed E-state index contributed by atoms with van der Waals surface area (Å²) >= 11 is 0. The van der Waals surface area contributed by atoms with Crippen molar-refractivity contribution in [3.8, 4) is 0 Å². The predicted molar refractivity (Wildman–Crippen MR) is 82.8 cm³/mol. The first kappa shape index (κ1) is 15.7. The van der Waals surface area contributed by atoms with Gasteiger partial charge in [0.25, 0.3) is 0 Å². The monoisotopic (exact) mass is 286 g/mol. The van der Waals surface area contributed by atoms with E-state index in [-0.39, 0.29) is 6.61 Å². The molecule has 2 aromatic rings. The molecule has 0 aromatic heterocycles. The van der Waals surface area contributed by atoms with Gasteiger partial charge in [0, 0.05) is 5.41 Å². The lowest BCUT2D eigenvalue weighted by atomic mass is 9.71. The third-order valence-electron chi connectivity index (χ3n) is 3.97. The zero-order valence-corrected chi connectivity index (χ0v) is 12.4. The summed E-state index contributed by atoms with van der Waals surface area (Å²) in [5.41, 5.74) is -1.22. The summed E-state index contributed by atoms with van der Waals surface area (Å²) in [6, 6.07) is 18.1. The first-order valence-electron chi connectivity index (χ1n) is 7.05. The lowest BCUT2D eigenvalue weighted by Gasteiger charge is -2.41. The maximum absolute atomic E-state index is 11.3. The van der Waals surface area contributed by atoms with E-state index in [1.807, 2.05) is 36.4 Å². The standard InChI is InChI=1S/C18H22O3/c1-17(2,13-19)16(20)18(21,14-9-5-3-6-10-14)15-11-7-4-8-12-15/h3-12,16,19-21H,13H2,1-2H3/t16-/m1/s1. The Balaban J connectivity index is 2.61. The smallest absolute Gasteiger partial charge is 0.141 e. The van der Waals surface area contributed by atoms with Crippen LogP contribution in [0.5, 0.6) is 0 Å². The lowest BCUT2D eigenvalue weighted by Crippen LogP contribution is -2.50. The van der Waals surface area contributed by atoms with Crippen LogP contribution >= 0.6 is 0 Å². The van der Waals surface area contributed by atoms with Crippen LogP contribution in [0.15, 0.2) is 60.7 Å². The Hall–Kier alpha value is -1.68. The van der Waals surface area contributed by atoms with Crippen molar-refractivity contribution in [1.29, 1.82) is 0 Å². The lowest BCUT2D eigenvalue weighted by molar-refractivity contribution is -0.119. The molecular weight excluding hydrogens is 264 g/mol. The fourth-order valence-corrected chi connectivity index (χ4v) is 2.52. The highest BCUT2D eigenvalue weighted by Gasteiger charge is 2.46. The second-order valence-corrected chi connectivity index (χ2v) is 6.05. The van der Waals surface area contributed by atoms with Gasteiger partial charge in [-0.15, -0.1) is 0 Å². The van der Waals surface area contributed by atoms with Crippen LogP contribution in [0, 0.1) is 5.41 Å². The first-order valence-corrected chi connectivity index (χ1v) is 7.05. The molecule has 112 valence electrons. The van der Waals surface area contributed by atoms with Crippen LogP contribution in [0.1, 0.15) is 25.0 Å². The second-order valence-electron chi connectivity index (χ2n) is 6.05. The van der Waals surface area contributed by atoms with Crippen molar-refractivity contribution < 1.29 is 15.3 Å². The van der Waals surface area contributed by atoms with Crippen molar-refractivity contribution in [3.63, 3.8) is 0 Å². The van der Waals surface area contributed by atoms with Crippen molar-refractivity contribution in [3.05, 3.63) is 71.8 Å². The minimum absolute atomic E-state index is 0.226. The summed E-state index contributed by atoms with van der Waals surface area (Å²) in [6.07, 6.45) is -1.15. The van der Waals surface area contributed by atoms with Gasteiger partial charge >= 0.3 is 0 Å². The first-order chi connectivity index (χ1) is 9.93. The van der Waals surface area contributed by atoms with Crippen molar-refractivity contribution in [2.75, 3.05) is 6.61 Å². The van der Waals surface area contributed by atoms with E-state index in [9.17, 15) is 15.3 Å². The van der Waals surface area contributed by atoms with E-state index in [2.05, 4.69) is 0 Å². The van der Waals surface area contributed by atoms with Crippen LogP contribution in [0.4, 0.5) is 0 Å². The summed E-state index contributed by atoms with van der Waals surface area (Å²) < 4.78 is 0. The third kappa shape index (κ3) is 2.86. The van der Waals surface area contributed by atoms with E-state index in [0.717, 1.165) is 0 Å². The number of rotatable bonds is 5. The predicted octanol–water partition coefficient (Wildman–Crippen LogP) is 2.30. The maximum atomic E-state index is 11.3. The Labute approximate surface area is 125 Å². The van der Waals surface area contributed by atoms with Crippen LogP contribution in [0.25, 0.3) is 0 Å². The highest BCUT2D eigenvalue weighted by atomic mass is 16.3.